The Balaban J connectivity index is 1.97. The zero-order valence-electron chi connectivity index (χ0n) is 17.0. The molecule has 0 saturated carbocycles. The molecule has 0 heterocycles. The zero-order valence-corrected chi connectivity index (χ0v) is 17.8. The first-order valence-electron chi connectivity index (χ1n) is 9.13. The van der Waals surface area contributed by atoms with Gasteiger partial charge in [-0.2, -0.15) is 0 Å². The number of nitrogens with one attached hydrogen (secondary N) is 1. The molecule has 6 nitrogen and oxygen atoms in total. The monoisotopic (exact) mass is 404 g/mol. The average Bonchev–Trinajstić information content (AvgIpc) is 2.62. The lowest BCUT2D eigenvalue weighted by Gasteiger charge is -2.28. The van der Waals surface area contributed by atoms with Crippen LogP contribution in [0.1, 0.15) is 23.6 Å². The standard InChI is InChI=1S/C21H28N2O4S/c1-15-6-9-19(10-7-15)23(28(5,25)26)18(4)21(24)22-12-13-27-20-11-8-16(2)17(3)14-20/h6-11,14,18H,12-13H2,1-5H3,(H,22,24)/t18-/m0/s1. The van der Waals surface area contributed by atoms with Gasteiger partial charge in [0.25, 0.3) is 0 Å². The Morgan fingerprint density at radius 1 is 1.07 bits per heavy atom. The summed E-state index contributed by atoms with van der Waals surface area (Å²) in [5, 5.41) is 2.74. The Morgan fingerprint density at radius 2 is 1.71 bits per heavy atom. The van der Waals surface area contributed by atoms with Gasteiger partial charge in [-0.15, -0.1) is 0 Å². The lowest BCUT2D eigenvalue weighted by molar-refractivity contribution is -0.121. The number of carbonyl (C=O) groups excluding carboxylic acids is 1. The van der Waals surface area contributed by atoms with E-state index in [0.717, 1.165) is 27.4 Å². The van der Waals surface area contributed by atoms with Crippen LogP contribution in [0.25, 0.3) is 0 Å². The lowest BCUT2D eigenvalue weighted by atomic mass is 10.1. The molecule has 0 aliphatic heterocycles. The Bertz CT molecular complexity index is 924. The molecule has 1 N–H and O–H groups in total. The topological polar surface area (TPSA) is 75.7 Å². The number of rotatable bonds is 8. The fourth-order valence-electron chi connectivity index (χ4n) is 2.79. The number of ether oxygens (including phenoxy) is 1. The Kier molecular flexibility index (Phi) is 7.07. The SMILES string of the molecule is Cc1ccc(N([C@@H](C)C(=O)NCCOc2ccc(C)c(C)c2)S(C)(=O)=O)cc1. The molecule has 28 heavy (non-hydrogen) atoms. The van der Waals surface area contributed by atoms with Gasteiger partial charge in [0.2, 0.25) is 15.9 Å². The number of sulfonamides is 1. The lowest BCUT2D eigenvalue weighted by Crippen LogP contribution is -2.48. The van der Waals surface area contributed by atoms with Gasteiger partial charge in [-0.1, -0.05) is 23.8 Å². The van der Waals surface area contributed by atoms with E-state index in [4.69, 9.17) is 4.74 Å². The van der Waals surface area contributed by atoms with Crippen molar-refractivity contribution in [2.75, 3.05) is 23.7 Å². The average molecular weight is 405 g/mol. The molecule has 1 atom stereocenters. The van der Waals surface area contributed by atoms with Gasteiger partial charge in [-0.25, -0.2) is 8.42 Å². The molecule has 7 heteroatoms. The minimum atomic E-state index is -3.62. The van der Waals surface area contributed by atoms with Crippen LogP contribution in [-0.2, 0) is 14.8 Å². The van der Waals surface area contributed by atoms with Crippen LogP contribution in [0.5, 0.6) is 5.75 Å². The highest BCUT2D eigenvalue weighted by atomic mass is 32.2. The number of anilines is 1. The first-order valence-corrected chi connectivity index (χ1v) is 11.0. The van der Waals surface area contributed by atoms with Crippen molar-refractivity contribution in [2.45, 2.75) is 33.7 Å². The molecule has 0 bridgehead atoms. The molecule has 152 valence electrons. The molecule has 0 fully saturated rings. The molecule has 1 amide bonds. The van der Waals surface area contributed by atoms with E-state index in [2.05, 4.69) is 5.32 Å². The number of nitrogens with zero attached hydrogens (tertiary/aromatic N) is 1. The third kappa shape index (κ3) is 5.73. The van der Waals surface area contributed by atoms with Gasteiger partial charge in [0.15, 0.2) is 0 Å². The summed E-state index contributed by atoms with van der Waals surface area (Å²) in [5.74, 6) is 0.359. The smallest absolute Gasteiger partial charge is 0.243 e. The highest BCUT2D eigenvalue weighted by Gasteiger charge is 2.28. The van der Waals surface area contributed by atoms with E-state index in [9.17, 15) is 13.2 Å². The molecule has 0 spiro atoms. The summed E-state index contributed by atoms with van der Waals surface area (Å²) in [6, 6.07) is 12.0. The largest absolute Gasteiger partial charge is 0.492 e. The van der Waals surface area contributed by atoms with E-state index in [1.165, 1.54) is 5.56 Å². The third-order valence-corrected chi connectivity index (χ3v) is 5.77. The van der Waals surface area contributed by atoms with Gasteiger partial charge in [0.1, 0.15) is 18.4 Å². The Hall–Kier alpha value is -2.54. The molecule has 2 aromatic carbocycles. The van der Waals surface area contributed by atoms with Gasteiger partial charge in [-0.05, 0) is 63.1 Å². The van der Waals surface area contributed by atoms with Gasteiger partial charge in [0.05, 0.1) is 18.5 Å². The minimum absolute atomic E-state index is 0.279. The van der Waals surface area contributed by atoms with Gasteiger partial charge in [-0.3, -0.25) is 9.10 Å². The van der Waals surface area contributed by atoms with Gasteiger partial charge < -0.3 is 10.1 Å². The normalized spacial score (nSPS) is 12.3. The van der Waals surface area contributed by atoms with Crippen molar-refractivity contribution in [2.24, 2.45) is 0 Å². The maximum Gasteiger partial charge on any atom is 0.243 e. The van der Waals surface area contributed by atoms with E-state index in [0.29, 0.717) is 12.3 Å². The van der Waals surface area contributed by atoms with Crippen LogP contribution in [0.15, 0.2) is 42.5 Å². The van der Waals surface area contributed by atoms with Gasteiger partial charge >= 0.3 is 0 Å². The van der Waals surface area contributed by atoms with E-state index >= 15 is 0 Å². The minimum Gasteiger partial charge on any atom is -0.492 e. The van der Waals surface area contributed by atoms with Crippen LogP contribution < -0.4 is 14.4 Å². The van der Waals surface area contributed by atoms with Crippen LogP contribution >= 0.6 is 0 Å². The van der Waals surface area contributed by atoms with E-state index in [1.807, 2.05) is 51.1 Å². The second-order valence-electron chi connectivity index (χ2n) is 6.96. The Labute approximate surface area is 167 Å². The molecule has 0 radical (unpaired) electrons. The summed E-state index contributed by atoms with van der Waals surface area (Å²) < 4.78 is 31.3. The van der Waals surface area contributed by atoms with E-state index in [-0.39, 0.29) is 12.5 Å². The summed E-state index contributed by atoms with van der Waals surface area (Å²) >= 11 is 0. The quantitative estimate of drug-likeness (QED) is 0.687. The number of hydrogen-bond acceptors (Lipinski definition) is 4. The van der Waals surface area contributed by atoms with Crippen LogP contribution in [-0.4, -0.2) is 39.8 Å². The molecule has 0 saturated heterocycles. The summed E-state index contributed by atoms with van der Waals surface area (Å²) in [5.41, 5.74) is 3.79. The van der Waals surface area contributed by atoms with Crippen molar-refractivity contribution in [1.29, 1.82) is 0 Å². The highest BCUT2D eigenvalue weighted by molar-refractivity contribution is 7.92. The maximum atomic E-state index is 12.5. The summed E-state index contributed by atoms with van der Waals surface area (Å²) in [7, 11) is -3.62. The predicted octanol–water partition coefficient (Wildman–Crippen LogP) is 2.96. The number of carbonyl (C=O) groups is 1. The molecule has 0 aliphatic carbocycles. The fourth-order valence-corrected chi connectivity index (χ4v) is 3.97. The van der Waals surface area contributed by atoms with Crippen molar-refractivity contribution >= 4 is 21.6 Å². The molecule has 0 aliphatic rings. The molecule has 2 aromatic rings. The number of hydrogen-bond donors (Lipinski definition) is 1. The first kappa shape index (κ1) is 21.8. The molecule has 0 unspecified atom stereocenters. The molecule has 2 rings (SSSR count). The number of amides is 1. The molecule has 0 aromatic heterocycles. The fraction of sp³-hybridized carbons (Fsp3) is 0.381. The van der Waals surface area contributed by atoms with Gasteiger partial charge in [0, 0.05) is 0 Å². The van der Waals surface area contributed by atoms with Crippen molar-refractivity contribution in [3.8, 4) is 5.75 Å². The number of aryl methyl sites for hydroxylation is 3. The van der Waals surface area contributed by atoms with Crippen LogP contribution in [0.2, 0.25) is 0 Å². The van der Waals surface area contributed by atoms with Crippen LogP contribution in [0.4, 0.5) is 5.69 Å². The second kappa shape index (κ2) is 9.10. The molecular formula is C21H28N2O4S. The summed E-state index contributed by atoms with van der Waals surface area (Å²) in [4.78, 5) is 12.5. The summed E-state index contributed by atoms with van der Waals surface area (Å²) in [6.07, 6.45) is 1.10. The highest BCUT2D eigenvalue weighted by Crippen LogP contribution is 2.21. The predicted molar refractivity (Wildman–Crippen MR) is 112 cm³/mol. The molecular weight excluding hydrogens is 376 g/mol. The Morgan fingerprint density at radius 3 is 2.29 bits per heavy atom. The third-order valence-electron chi connectivity index (χ3n) is 4.53. The zero-order chi connectivity index (χ0) is 20.9. The van der Waals surface area contributed by atoms with Crippen LogP contribution in [0, 0.1) is 20.8 Å². The van der Waals surface area contributed by atoms with E-state index < -0.39 is 16.1 Å². The summed E-state index contributed by atoms with van der Waals surface area (Å²) in [6.45, 7) is 8.10. The van der Waals surface area contributed by atoms with E-state index in [1.54, 1.807) is 19.1 Å². The van der Waals surface area contributed by atoms with Crippen molar-refractivity contribution in [3.63, 3.8) is 0 Å². The maximum absolute atomic E-state index is 12.5. The second-order valence-corrected chi connectivity index (χ2v) is 8.82. The van der Waals surface area contributed by atoms with Crippen LogP contribution in [0.3, 0.4) is 0 Å². The van der Waals surface area contributed by atoms with Crippen molar-refractivity contribution in [3.05, 3.63) is 59.2 Å². The van der Waals surface area contributed by atoms with Crippen molar-refractivity contribution in [1.82, 2.24) is 5.32 Å². The number of benzene rings is 2. The first-order chi connectivity index (χ1) is 13.1. The van der Waals surface area contributed by atoms with Crippen molar-refractivity contribution < 1.29 is 17.9 Å².